The fraction of sp³-hybridized carbons (Fsp3) is 0.500. The fourth-order valence-corrected chi connectivity index (χ4v) is 0.823. The molecule has 1 heterocycles. The van der Waals surface area contributed by atoms with Crippen LogP contribution in [0.1, 0.15) is 1.43 Å². The Morgan fingerprint density at radius 1 is 1.54 bits per heavy atom. The molecule has 0 amide bonds. The van der Waals surface area contributed by atoms with Gasteiger partial charge in [0.05, 0.1) is 6.61 Å². The summed E-state index contributed by atoms with van der Waals surface area (Å²) in [5.74, 6) is -2.78. The van der Waals surface area contributed by atoms with Crippen LogP contribution in [0.5, 0.6) is 0 Å². The molecule has 0 aromatic heterocycles. The smallest absolute Gasteiger partial charge is 1.00 e. The Bertz CT molecular complexity index is 242. The molecule has 0 fully saturated rings. The molecule has 6 nitrogen and oxygen atoms in total. The first kappa shape index (κ1) is 12.7. The standard InChI is InChI=1S/C6H8O6.Na.H/c7-1-2(8)5-3(9)4(10)6(11)12-5;;/h2,5,7-10H,1H2;;/q;+1;-1/t2-,5-;;/m1../s1. The van der Waals surface area contributed by atoms with Crippen LogP contribution in [0.15, 0.2) is 11.5 Å². The van der Waals surface area contributed by atoms with Gasteiger partial charge < -0.3 is 26.6 Å². The molecule has 2 atom stereocenters. The summed E-state index contributed by atoms with van der Waals surface area (Å²) in [6.45, 7) is -0.671. The number of aliphatic hydroxyl groups excluding tert-OH is 4. The van der Waals surface area contributed by atoms with Crippen LogP contribution in [0.2, 0.25) is 0 Å². The van der Waals surface area contributed by atoms with Crippen molar-refractivity contribution in [1.82, 2.24) is 0 Å². The van der Waals surface area contributed by atoms with Gasteiger partial charge in [0.1, 0.15) is 6.10 Å². The van der Waals surface area contributed by atoms with Gasteiger partial charge in [-0.25, -0.2) is 4.79 Å². The van der Waals surface area contributed by atoms with Crippen molar-refractivity contribution in [1.29, 1.82) is 0 Å². The predicted octanol–water partition coefficient (Wildman–Crippen LogP) is -4.29. The monoisotopic (exact) mass is 200 g/mol. The Labute approximate surface area is 97.2 Å². The quantitative estimate of drug-likeness (QED) is 0.265. The first-order valence-electron chi connectivity index (χ1n) is 3.20. The summed E-state index contributed by atoms with van der Waals surface area (Å²) in [7, 11) is 0. The average molecular weight is 200 g/mol. The summed E-state index contributed by atoms with van der Waals surface area (Å²) in [6, 6.07) is 0. The van der Waals surface area contributed by atoms with E-state index >= 15 is 0 Å². The molecule has 1 rings (SSSR count). The minimum absolute atomic E-state index is 0. The molecule has 0 saturated heterocycles. The molecule has 0 saturated carbocycles. The molecule has 7 heteroatoms. The molecule has 0 aromatic carbocycles. The number of cyclic esters (lactones) is 1. The normalized spacial score (nSPS) is 23.8. The number of aliphatic hydroxyl groups is 4. The molecule has 1 aliphatic rings. The summed E-state index contributed by atoms with van der Waals surface area (Å²) >= 11 is 0. The third-order valence-corrected chi connectivity index (χ3v) is 1.48. The largest absolute Gasteiger partial charge is 1.00 e. The number of esters is 1. The summed E-state index contributed by atoms with van der Waals surface area (Å²) in [6.07, 6.45) is -2.78. The number of carbonyl (C=O) groups excluding carboxylic acids is 1. The second-order valence-electron chi connectivity index (χ2n) is 2.31. The van der Waals surface area contributed by atoms with Gasteiger partial charge in [-0.15, -0.1) is 0 Å². The molecule has 1 aliphatic heterocycles. The molecular weight excluding hydrogens is 191 g/mol. The molecule has 0 unspecified atom stereocenters. The zero-order valence-electron chi connectivity index (χ0n) is 7.97. The second kappa shape index (κ2) is 4.83. The van der Waals surface area contributed by atoms with Gasteiger partial charge in [0.15, 0.2) is 11.9 Å². The molecule has 0 aliphatic carbocycles. The summed E-state index contributed by atoms with van der Waals surface area (Å²) in [5, 5.41) is 35.0. The van der Waals surface area contributed by atoms with E-state index in [0.29, 0.717) is 0 Å². The van der Waals surface area contributed by atoms with Crippen molar-refractivity contribution < 1.29 is 60.9 Å². The third-order valence-electron chi connectivity index (χ3n) is 1.48. The Kier molecular flexibility index (Phi) is 4.72. The molecule has 0 radical (unpaired) electrons. The van der Waals surface area contributed by atoms with Crippen molar-refractivity contribution in [2.75, 3.05) is 6.61 Å². The van der Waals surface area contributed by atoms with E-state index in [1.165, 1.54) is 0 Å². The zero-order valence-corrected chi connectivity index (χ0v) is 8.97. The Balaban J connectivity index is 0. The maximum Gasteiger partial charge on any atom is 1.00 e. The number of carbonyl (C=O) groups is 1. The van der Waals surface area contributed by atoms with Gasteiger partial charge in [0.25, 0.3) is 0 Å². The molecule has 4 N–H and O–H groups in total. The maximum absolute atomic E-state index is 10.5. The van der Waals surface area contributed by atoms with E-state index < -0.39 is 36.3 Å². The molecule has 0 spiro atoms. The van der Waals surface area contributed by atoms with Crippen molar-refractivity contribution in [2.24, 2.45) is 0 Å². The Morgan fingerprint density at radius 2 is 2.08 bits per heavy atom. The minimum atomic E-state index is -1.42. The van der Waals surface area contributed by atoms with Crippen molar-refractivity contribution in [3.05, 3.63) is 11.5 Å². The van der Waals surface area contributed by atoms with Gasteiger partial charge >= 0.3 is 35.5 Å². The molecule has 13 heavy (non-hydrogen) atoms. The van der Waals surface area contributed by atoms with E-state index in [-0.39, 0.29) is 31.0 Å². The van der Waals surface area contributed by atoms with Crippen LogP contribution < -0.4 is 29.6 Å². The summed E-state index contributed by atoms with van der Waals surface area (Å²) < 4.78 is 4.32. The van der Waals surface area contributed by atoms with Crippen LogP contribution >= 0.6 is 0 Å². The van der Waals surface area contributed by atoms with Gasteiger partial charge in [-0.05, 0) is 0 Å². The molecule has 0 bridgehead atoms. The molecular formula is C6H9NaO6. The number of rotatable bonds is 2. The van der Waals surface area contributed by atoms with E-state index in [1.807, 2.05) is 0 Å². The van der Waals surface area contributed by atoms with Crippen LogP contribution in [0, 0.1) is 0 Å². The van der Waals surface area contributed by atoms with Crippen LogP contribution in [0.4, 0.5) is 0 Å². The van der Waals surface area contributed by atoms with Crippen LogP contribution in [0.25, 0.3) is 0 Å². The topological polar surface area (TPSA) is 107 Å². The average Bonchev–Trinajstić information content (AvgIpc) is 2.32. The van der Waals surface area contributed by atoms with Crippen molar-refractivity contribution in [3.63, 3.8) is 0 Å². The van der Waals surface area contributed by atoms with Gasteiger partial charge in [-0.2, -0.15) is 0 Å². The van der Waals surface area contributed by atoms with Crippen LogP contribution in [0.3, 0.4) is 0 Å². The summed E-state index contributed by atoms with van der Waals surface area (Å²) in [4.78, 5) is 10.5. The van der Waals surface area contributed by atoms with Crippen LogP contribution in [-0.2, 0) is 9.53 Å². The Morgan fingerprint density at radius 3 is 2.38 bits per heavy atom. The number of ether oxygens (including phenoxy) is 1. The number of hydrogen-bond donors (Lipinski definition) is 4. The maximum atomic E-state index is 10.5. The van der Waals surface area contributed by atoms with E-state index in [0.717, 1.165) is 0 Å². The SMILES string of the molecule is O=C1O[C@H]([C@H](O)CO)C(O)=C1O.[H-].[Na+]. The van der Waals surface area contributed by atoms with E-state index in [2.05, 4.69) is 4.74 Å². The molecule has 70 valence electrons. The van der Waals surface area contributed by atoms with E-state index in [1.54, 1.807) is 0 Å². The van der Waals surface area contributed by atoms with Crippen molar-refractivity contribution in [2.45, 2.75) is 12.2 Å². The second-order valence-corrected chi connectivity index (χ2v) is 2.31. The van der Waals surface area contributed by atoms with Gasteiger partial charge in [-0.3, -0.25) is 0 Å². The van der Waals surface area contributed by atoms with Crippen molar-refractivity contribution in [3.8, 4) is 0 Å². The van der Waals surface area contributed by atoms with Gasteiger partial charge in [-0.1, -0.05) is 0 Å². The van der Waals surface area contributed by atoms with E-state index in [4.69, 9.17) is 20.4 Å². The zero-order chi connectivity index (χ0) is 9.30. The fourth-order valence-electron chi connectivity index (χ4n) is 0.823. The minimum Gasteiger partial charge on any atom is -1.00 e. The summed E-state index contributed by atoms with van der Waals surface area (Å²) in [5.41, 5.74) is 0. The van der Waals surface area contributed by atoms with Gasteiger partial charge in [0.2, 0.25) is 5.76 Å². The van der Waals surface area contributed by atoms with Gasteiger partial charge in [0, 0.05) is 0 Å². The van der Waals surface area contributed by atoms with Crippen LogP contribution in [-0.4, -0.2) is 45.2 Å². The third kappa shape index (κ3) is 2.35. The Hall–Kier alpha value is -0.270. The van der Waals surface area contributed by atoms with E-state index in [9.17, 15) is 4.79 Å². The predicted molar refractivity (Wildman–Crippen MR) is 36.4 cm³/mol. The number of hydrogen-bond acceptors (Lipinski definition) is 6. The first-order valence-corrected chi connectivity index (χ1v) is 3.20. The first-order chi connectivity index (χ1) is 5.57. The molecule has 0 aromatic rings. The van der Waals surface area contributed by atoms with Crippen molar-refractivity contribution >= 4 is 5.97 Å².